The Kier molecular flexibility index (Phi) is 6.29. The van der Waals surface area contributed by atoms with E-state index in [1.54, 1.807) is 19.5 Å². The highest BCUT2D eigenvalue weighted by Crippen LogP contribution is 2.33. The number of benzene rings is 1. The third-order valence-corrected chi connectivity index (χ3v) is 6.22. The number of imidazole rings is 1. The van der Waals surface area contributed by atoms with E-state index in [1.807, 2.05) is 32.0 Å². The summed E-state index contributed by atoms with van der Waals surface area (Å²) in [6.07, 6.45) is 8.37. The maximum atomic E-state index is 6.29. The molecule has 0 radical (unpaired) electrons. The molecule has 5 rings (SSSR count). The standard InChI is InChI=1S/C26H29N5O3/c1-17-24-25(30-26(28-17)33-16-19-10-12-27-13-11-19)31(18(2)29-24)15-20-8-9-22(32-3)23(14-20)34-21-6-4-5-7-21/h8-14,21H,4-7,15-16H2,1-3H3. The molecule has 3 heterocycles. The Morgan fingerprint density at radius 2 is 1.74 bits per heavy atom. The Bertz CT molecular complexity index is 1280. The van der Waals surface area contributed by atoms with Gasteiger partial charge in [0.1, 0.15) is 17.9 Å². The van der Waals surface area contributed by atoms with Gasteiger partial charge in [0, 0.05) is 12.4 Å². The number of hydrogen-bond acceptors (Lipinski definition) is 7. The summed E-state index contributed by atoms with van der Waals surface area (Å²) < 4.78 is 19.8. The van der Waals surface area contributed by atoms with Gasteiger partial charge in [-0.05, 0) is 74.9 Å². The maximum absolute atomic E-state index is 6.29. The largest absolute Gasteiger partial charge is 0.493 e. The Morgan fingerprint density at radius 1 is 0.941 bits per heavy atom. The lowest BCUT2D eigenvalue weighted by atomic mass is 10.2. The first-order valence-corrected chi connectivity index (χ1v) is 11.7. The van der Waals surface area contributed by atoms with Crippen LogP contribution in [-0.4, -0.2) is 37.7 Å². The summed E-state index contributed by atoms with van der Waals surface area (Å²) in [5, 5.41) is 0. The fourth-order valence-electron chi connectivity index (χ4n) is 4.38. The van der Waals surface area contributed by atoms with E-state index < -0.39 is 0 Å². The fourth-order valence-corrected chi connectivity index (χ4v) is 4.38. The fraction of sp³-hybridized carbons (Fsp3) is 0.385. The van der Waals surface area contributed by atoms with Gasteiger partial charge in [0.2, 0.25) is 0 Å². The van der Waals surface area contributed by atoms with Crippen molar-refractivity contribution < 1.29 is 14.2 Å². The number of rotatable bonds is 8. The van der Waals surface area contributed by atoms with Crippen LogP contribution < -0.4 is 14.2 Å². The summed E-state index contributed by atoms with van der Waals surface area (Å²) in [6.45, 7) is 4.90. The predicted molar refractivity (Wildman–Crippen MR) is 128 cm³/mol. The van der Waals surface area contributed by atoms with E-state index in [-0.39, 0.29) is 6.10 Å². The van der Waals surface area contributed by atoms with E-state index >= 15 is 0 Å². The second-order valence-electron chi connectivity index (χ2n) is 8.66. The van der Waals surface area contributed by atoms with Gasteiger partial charge in [0.25, 0.3) is 0 Å². The summed E-state index contributed by atoms with van der Waals surface area (Å²) in [7, 11) is 1.68. The van der Waals surface area contributed by atoms with Crippen LogP contribution in [-0.2, 0) is 13.2 Å². The van der Waals surface area contributed by atoms with Crippen LogP contribution in [0.5, 0.6) is 17.5 Å². The molecule has 1 aliphatic rings. The van der Waals surface area contributed by atoms with E-state index in [9.17, 15) is 0 Å². The van der Waals surface area contributed by atoms with Crippen LogP contribution in [0.3, 0.4) is 0 Å². The third-order valence-electron chi connectivity index (χ3n) is 6.22. The molecular formula is C26H29N5O3. The van der Waals surface area contributed by atoms with Crippen LogP contribution in [0.1, 0.15) is 48.3 Å². The minimum Gasteiger partial charge on any atom is -0.493 e. The van der Waals surface area contributed by atoms with E-state index in [0.29, 0.717) is 19.2 Å². The molecule has 4 aromatic rings. The molecular weight excluding hydrogens is 430 g/mol. The van der Waals surface area contributed by atoms with Crippen molar-refractivity contribution in [3.05, 3.63) is 65.4 Å². The van der Waals surface area contributed by atoms with Gasteiger partial charge in [-0.15, -0.1) is 0 Å². The molecule has 0 bridgehead atoms. The van der Waals surface area contributed by atoms with Gasteiger partial charge in [-0.1, -0.05) is 6.07 Å². The molecule has 0 unspecified atom stereocenters. The maximum Gasteiger partial charge on any atom is 0.319 e. The average molecular weight is 460 g/mol. The smallest absolute Gasteiger partial charge is 0.319 e. The monoisotopic (exact) mass is 459 g/mol. The van der Waals surface area contributed by atoms with Gasteiger partial charge in [-0.2, -0.15) is 9.97 Å². The molecule has 1 saturated carbocycles. The topological polar surface area (TPSA) is 84.2 Å². The minimum atomic E-state index is 0.260. The zero-order valence-corrected chi connectivity index (χ0v) is 19.8. The van der Waals surface area contributed by atoms with E-state index in [2.05, 4.69) is 26.7 Å². The second-order valence-corrected chi connectivity index (χ2v) is 8.66. The molecule has 3 aromatic heterocycles. The molecule has 8 nitrogen and oxygen atoms in total. The molecule has 1 aliphatic carbocycles. The highest BCUT2D eigenvalue weighted by molar-refractivity contribution is 5.74. The van der Waals surface area contributed by atoms with Gasteiger partial charge in [-0.25, -0.2) is 4.98 Å². The molecule has 34 heavy (non-hydrogen) atoms. The lowest BCUT2D eigenvalue weighted by molar-refractivity contribution is 0.200. The highest BCUT2D eigenvalue weighted by atomic mass is 16.5. The molecule has 0 aliphatic heterocycles. The van der Waals surface area contributed by atoms with Gasteiger partial charge >= 0.3 is 6.01 Å². The second kappa shape index (κ2) is 9.67. The Labute approximate surface area is 199 Å². The van der Waals surface area contributed by atoms with E-state index in [1.165, 1.54) is 12.8 Å². The summed E-state index contributed by atoms with van der Waals surface area (Å²) in [5.74, 6) is 2.42. The lowest BCUT2D eigenvalue weighted by Crippen LogP contribution is -2.12. The number of aryl methyl sites for hydroxylation is 2. The van der Waals surface area contributed by atoms with Gasteiger partial charge < -0.3 is 18.8 Å². The lowest BCUT2D eigenvalue weighted by Gasteiger charge is -2.17. The van der Waals surface area contributed by atoms with Crippen LogP contribution in [0.4, 0.5) is 0 Å². The van der Waals surface area contributed by atoms with Gasteiger partial charge in [0.05, 0.1) is 25.5 Å². The molecule has 1 aromatic carbocycles. The molecule has 0 spiro atoms. The van der Waals surface area contributed by atoms with Crippen LogP contribution in [0.2, 0.25) is 0 Å². The normalized spacial score (nSPS) is 14.0. The predicted octanol–water partition coefficient (Wildman–Crippen LogP) is 4.80. The molecule has 0 saturated heterocycles. The summed E-state index contributed by atoms with van der Waals surface area (Å²) >= 11 is 0. The molecule has 8 heteroatoms. The summed E-state index contributed by atoms with van der Waals surface area (Å²) in [4.78, 5) is 18.0. The van der Waals surface area contributed by atoms with Crippen molar-refractivity contribution in [1.82, 2.24) is 24.5 Å². The van der Waals surface area contributed by atoms with Crippen molar-refractivity contribution in [3.8, 4) is 17.5 Å². The van der Waals surface area contributed by atoms with Crippen molar-refractivity contribution in [2.75, 3.05) is 7.11 Å². The molecule has 176 valence electrons. The molecule has 0 atom stereocenters. The number of hydrogen-bond donors (Lipinski definition) is 0. The Morgan fingerprint density at radius 3 is 2.50 bits per heavy atom. The number of ether oxygens (including phenoxy) is 3. The van der Waals surface area contributed by atoms with Crippen LogP contribution in [0.25, 0.3) is 11.2 Å². The Balaban J connectivity index is 1.42. The van der Waals surface area contributed by atoms with Crippen molar-refractivity contribution in [3.63, 3.8) is 0 Å². The van der Waals surface area contributed by atoms with Crippen LogP contribution in [0.15, 0.2) is 42.7 Å². The average Bonchev–Trinajstić information content (AvgIpc) is 3.47. The number of methoxy groups -OCH3 is 1. The van der Waals surface area contributed by atoms with Crippen LogP contribution >= 0.6 is 0 Å². The number of fused-ring (bicyclic) bond motifs is 1. The first kappa shape index (κ1) is 22.1. The number of aromatic nitrogens is 5. The molecule has 0 amide bonds. The minimum absolute atomic E-state index is 0.260. The first-order valence-electron chi connectivity index (χ1n) is 11.7. The van der Waals surface area contributed by atoms with Gasteiger partial charge in [0.15, 0.2) is 17.1 Å². The zero-order chi connectivity index (χ0) is 23.5. The summed E-state index contributed by atoms with van der Waals surface area (Å²) in [5.41, 5.74) is 4.42. The Hall–Kier alpha value is -3.68. The first-order chi connectivity index (χ1) is 16.6. The van der Waals surface area contributed by atoms with E-state index in [0.717, 1.165) is 58.1 Å². The van der Waals surface area contributed by atoms with Gasteiger partial charge in [-0.3, -0.25) is 4.98 Å². The highest BCUT2D eigenvalue weighted by Gasteiger charge is 2.20. The number of nitrogens with zero attached hydrogens (tertiary/aromatic N) is 5. The van der Waals surface area contributed by atoms with Crippen molar-refractivity contribution >= 4 is 11.2 Å². The number of pyridine rings is 1. The SMILES string of the molecule is COc1ccc(Cn2c(C)nc3c(C)nc(OCc4ccncc4)nc32)cc1OC1CCCC1. The zero-order valence-electron chi connectivity index (χ0n) is 19.8. The van der Waals surface area contributed by atoms with Crippen LogP contribution in [0, 0.1) is 13.8 Å². The van der Waals surface area contributed by atoms with Crippen molar-refractivity contribution in [1.29, 1.82) is 0 Å². The van der Waals surface area contributed by atoms with Crippen molar-refractivity contribution in [2.45, 2.75) is 58.8 Å². The molecule has 0 N–H and O–H groups in total. The summed E-state index contributed by atoms with van der Waals surface area (Å²) in [6, 6.07) is 10.3. The molecule has 1 fully saturated rings. The quantitative estimate of drug-likeness (QED) is 0.374. The van der Waals surface area contributed by atoms with E-state index in [4.69, 9.17) is 24.2 Å². The third kappa shape index (κ3) is 4.66. The van der Waals surface area contributed by atoms with Crippen molar-refractivity contribution in [2.24, 2.45) is 0 Å².